The van der Waals surface area contributed by atoms with Crippen LogP contribution in [0, 0.1) is 0 Å². The Balaban J connectivity index is 1.78. The number of thiophene rings is 3. The van der Waals surface area contributed by atoms with Crippen LogP contribution in [-0.4, -0.2) is 0 Å². The molecule has 3 heteroatoms. The van der Waals surface area contributed by atoms with Crippen LogP contribution in [0.5, 0.6) is 0 Å². The van der Waals surface area contributed by atoms with Gasteiger partial charge in [-0.25, -0.2) is 0 Å². The van der Waals surface area contributed by atoms with E-state index in [9.17, 15) is 0 Å². The summed E-state index contributed by atoms with van der Waals surface area (Å²) in [5.41, 5.74) is 0. The van der Waals surface area contributed by atoms with Crippen LogP contribution >= 0.6 is 34.0 Å². The molecule has 0 radical (unpaired) electrons. The minimum Gasteiger partial charge on any atom is -0.134 e. The maximum Gasteiger partial charge on any atom is 0.0441 e. The topological polar surface area (TPSA) is 0 Å². The summed E-state index contributed by atoms with van der Waals surface area (Å²) in [7, 11) is 0. The summed E-state index contributed by atoms with van der Waals surface area (Å²) >= 11 is 6.03. The summed E-state index contributed by atoms with van der Waals surface area (Å²) in [6, 6.07) is 27.2. The van der Waals surface area contributed by atoms with Crippen LogP contribution in [-0.2, 0) is 0 Å². The first kappa shape index (κ1) is 16.4. The molecular formula is C30H12S3. The van der Waals surface area contributed by atoms with Crippen LogP contribution in [0.1, 0.15) is 0 Å². The van der Waals surface area contributed by atoms with Crippen molar-refractivity contribution in [3.8, 4) is 0 Å². The molecule has 0 aliphatic rings. The molecule has 3 heterocycles. The molecule has 0 fully saturated rings. The molecule has 3 aromatic heterocycles. The lowest BCUT2D eigenvalue weighted by molar-refractivity contribution is 1.85. The highest BCUT2D eigenvalue weighted by atomic mass is 32.1. The van der Waals surface area contributed by atoms with E-state index in [1.54, 1.807) is 0 Å². The molecule has 0 saturated carbocycles. The molecule has 0 spiro atoms. The first-order chi connectivity index (χ1) is 16.4. The summed E-state index contributed by atoms with van der Waals surface area (Å²) in [4.78, 5) is 0. The molecule has 150 valence electrons. The minimum absolute atomic E-state index is 1.41. The van der Waals surface area contributed by atoms with Crippen molar-refractivity contribution in [3.05, 3.63) is 72.8 Å². The lowest BCUT2D eigenvalue weighted by Gasteiger charge is -2.11. The zero-order chi connectivity index (χ0) is 21.0. The average Bonchev–Trinajstić information content (AvgIpc) is 3.56. The second-order valence-corrected chi connectivity index (χ2v) is 12.2. The Labute approximate surface area is 198 Å². The van der Waals surface area contributed by atoms with E-state index in [0.717, 1.165) is 0 Å². The van der Waals surface area contributed by atoms with E-state index >= 15 is 0 Å². The minimum atomic E-state index is 1.41. The van der Waals surface area contributed by atoms with Gasteiger partial charge in [-0.3, -0.25) is 0 Å². The first-order valence-corrected chi connectivity index (χ1v) is 13.7. The standard InChI is InChI=1S/C30H12S3/c1-2-8-14-13(7-1)25-19-20-22-24-23-21(19)27(31-25)15-9-3-4-10-16(15)29(23)33-30(24)18-12-6-5-11-17(18)28(22)32-26(14)20/h1-12H. The van der Waals surface area contributed by atoms with E-state index in [2.05, 4.69) is 72.8 Å². The van der Waals surface area contributed by atoms with Crippen molar-refractivity contribution < 1.29 is 0 Å². The second-order valence-electron chi connectivity index (χ2n) is 9.17. The highest BCUT2D eigenvalue weighted by Crippen LogP contribution is 2.60. The van der Waals surface area contributed by atoms with Gasteiger partial charge in [-0.2, -0.15) is 0 Å². The van der Waals surface area contributed by atoms with Gasteiger partial charge in [0.2, 0.25) is 0 Å². The SMILES string of the molecule is c1ccc2c(c1)c1sc3c4ccccc4c4sc5c6ccccc6c6sc2c2c1c3c4c5c62. The second kappa shape index (κ2) is 5.13. The third kappa shape index (κ3) is 1.59. The Morgan fingerprint density at radius 2 is 0.455 bits per heavy atom. The lowest BCUT2D eigenvalue weighted by Crippen LogP contribution is -1.83. The molecule has 10 aromatic rings. The van der Waals surface area contributed by atoms with Crippen molar-refractivity contribution in [3.63, 3.8) is 0 Å². The largest absolute Gasteiger partial charge is 0.134 e. The molecule has 7 aromatic carbocycles. The van der Waals surface area contributed by atoms with Crippen molar-refractivity contribution >= 4 is 127 Å². The zero-order valence-electron chi connectivity index (χ0n) is 17.2. The van der Waals surface area contributed by atoms with E-state index in [1.165, 1.54) is 92.8 Å². The van der Waals surface area contributed by atoms with Gasteiger partial charge >= 0.3 is 0 Å². The molecule has 0 aliphatic carbocycles. The van der Waals surface area contributed by atoms with Crippen molar-refractivity contribution in [1.82, 2.24) is 0 Å². The smallest absolute Gasteiger partial charge is 0.0441 e. The van der Waals surface area contributed by atoms with Gasteiger partial charge in [0.1, 0.15) is 0 Å². The molecule has 0 unspecified atom stereocenters. The molecular weight excluding hydrogens is 457 g/mol. The Morgan fingerprint density at radius 1 is 0.273 bits per heavy atom. The van der Waals surface area contributed by atoms with E-state index in [4.69, 9.17) is 0 Å². The Morgan fingerprint density at radius 3 is 0.636 bits per heavy atom. The predicted octanol–water partition coefficient (Wildman–Crippen LogP) is 10.6. The van der Waals surface area contributed by atoms with Gasteiger partial charge in [0, 0.05) is 92.8 Å². The molecule has 0 amide bonds. The quantitative estimate of drug-likeness (QED) is 0.153. The van der Waals surface area contributed by atoms with E-state index in [-0.39, 0.29) is 0 Å². The van der Waals surface area contributed by atoms with E-state index in [0.29, 0.717) is 0 Å². The number of benzene rings is 7. The van der Waals surface area contributed by atoms with E-state index < -0.39 is 0 Å². The molecule has 0 atom stereocenters. The van der Waals surface area contributed by atoms with Crippen LogP contribution in [0.15, 0.2) is 72.8 Å². The maximum absolute atomic E-state index is 2.33. The third-order valence-corrected chi connectivity index (χ3v) is 11.5. The molecule has 0 N–H and O–H groups in total. The Kier molecular flexibility index (Phi) is 2.54. The maximum atomic E-state index is 2.33. The van der Waals surface area contributed by atoms with Gasteiger partial charge < -0.3 is 0 Å². The van der Waals surface area contributed by atoms with Crippen molar-refractivity contribution in [2.24, 2.45) is 0 Å². The molecule has 33 heavy (non-hydrogen) atoms. The van der Waals surface area contributed by atoms with Gasteiger partial charge in [-0.1, -0.05) is 72.8 Å². The normalized spacial score (nSPS) is 13.5. The van der Waals surface area contributed by atoms with Crippen LogP contribution in [0.2, 0.25) is 0 Å². The highest BCUT2D eigenvalue weighted by Gasteiger charge is 2.29. The van der Waals surface area contributed by atoms with Crippen molar-refractivity contribution in [1.29, 1.82) is 0 Å². The fourth-order valence-electron chi connectivity index (χ4n) is 6.50. The lowest BCUT2D eigenvalue weighted by atomic mass is 9.89. The fourth-order valence-corrected chi connectivity index (χ4v) is 10.7. The van der Waals surface area contributed by atoms with Crippen LogP contribution < -0.4 is 0 Å². The van der Waals surface area contributed by atoms with Crippen LogP contribution in [0.4, 0.5) is 0 Å². The van der Waals surface area contributed by atoms with Gasteiger partial charge in [-0.05, 0) is 0 Å². The van der Waals surface area contributed by atoms with Gasteiger partial charge in [-0.15, -0.1) is 34.0 Å². The number of rotatable bonds is 0. The van der Waals surface area contributed by atoms with E-state index in [1.807, 2.05) is 34.0 Å². The molecule has 10 rings (SSSR count). The van der Waals surface area contributed by atoms with Crippen LogP contribution in [0.25, 0.3) is 92.8 Å². The molecule has 0 saturated heterocycles. The average molecular weight is 469 g/mol. The summed E-state index contributed by atoms with van der Waals surface area (Å²) in [5.74, 6) is 0. The third-order valence-electron chi connectivity index (χ3n) is 7.72. The molecule has 0 aliphatic heterocycles. The summed E-state index contributed by atoms with van der Waals surface area (Å²) in [5, 5.41) is 17.5. The molecule has 0 nitrogen and oxygen atoms in total. The Hall–Kier alpha value is -3.24. The van der Waals surface area contributed by atoms with Gasteiger partial charge in [0.25, 0.3) is 0 Å². The highest BCUT2D eigenvalue weighted by molar-refractivity contribution is 7.33. The van der Waals surface area contributed by atoms with Crippen LogP contribution in [0.3, 0.4) is 0 Å². The zero-order valence-corrected chi connectivity index (χ0v) is 19.6. The molecule has 0 bridgehead atoms. The monoisotopic (exact) mass is 468 g/mol. The van der Waals surface area contributed by atoms with Crippen molar-refractivity contribution in [2.75, 3.05) is 0 Å². The summed E-state index contributed by atoms with van der Waals surface area (Å²) < 4.78 is 8.77. The number of hydrogen-bond acceptors (Lipinski definition) is 3. The summed E-state index contributed by atoms with van der Waals surface area (Å²) in [6.45, 7) is 0. The summed E-state index contributed by atoms with van der Waals surface area (Å²) in [6.07, 6.45) is 0. The van der Waals surface area contributed by atoms with Gasteiger partial charge in [0.15, 0.2) is 0 Å². The number of hydrogen-bond donors (Lipinski definition) is 0. The van der Waals surface area contributed by atoms with Crippen molar-refractivity contribution in [2.45, 2.75) is 0 Å². The van der Waals surface area contributed by atoms with Gasteiger partial charge in [0.05, 0.1) is 0 Å². The Bertz CT molecular complexity index is 1930. The first-order valence-electron chi connectivity index (χ1n) is 11.2. The predicted molar refractivity (Wildman–Crippen MR) is 151 cm³/mol. The number of fused-ring (bicyclic) bond motifs is 9. The fraction of sp³-hybridized carbons (Fsp3) is 0.